The van der Waals surface area contributed by atoms with Gasteiger partial charge in [0.1, 0.15) is 11.6 Å². The van der Waals surface area contributed by atoms with Gasteiger partial charge < -0.3 is 9.88 Å². The third-order valence-corrected chi connectivity index (χ3v) is 7.42. The average Bonchev–Trinajstić information content (AvgIpc) is 3.09. The molecular weight excluding hydrogens is 408 g/mol. The molecule has 2 aromatic rings. The molecular formula is C20H26N4O3S2. The number of hydrogen-bond acceptors (Lipinski definition) is 6. The summed E-state index contributed by atoms with van der Waals surface area (Å²) in [4.78, 5) is 12.5. The topological polar surface area (TPSA) is 93.9 Å². The first-order valence-electron chi connectivity index (χ1n) is 9.72. The molecule has 1 aromatic carbocycles. The highest BCUT2D eigenvalue weighted by atomic mass is 32.2. The Kier molecular flexibility index (Phi) is 7.49. The molecule has 3 rings (SSSR count). The molecule has 1 fully saturated rings. The van der Waals surface area contributed by atoms with Gasteiger partial charge in [0, 0.05) is 12.6 Å². The van der Waals surface area contributed by atoms with Crippen LogP contribution >= 0.6 is 11.8 Å². The second kappa shape index (κ2) is 10.1. The number of nitrogens with zero attached hydrogens (tertiary/aromatic N) is 3. The number of sulfone groups is 1. The third kappa shape index (κ3) is 5.93. The Labute approximate surface area is 175 Å². The van der Waals surface area contributed by atoms with Crippen LogP contribution in [-0.2, 0) is 26.9 Å². The molecule has 1 heterocycles. The minimum Gasteiger partial charge on any atom is -0.353 e. The second-order valence-electron chi connectivity index (χ2n) is 7.06. The summed E-state index contributed by atoms with van der Waals surface area (Å²) in [7, 11) is -3.54. The van der Waals surface area contributed by atoms with Gasteiger partial charge in [0.05, 0.1) is 10.6 Å². The number of amides is 1. The van der Waals surface area contributed by atoms with E-state index in [2.05, 4.69) is 22.1 Å². The number of thioether (sulfide) groups is 1. The van der Waals surface area contributed by atoms with Crippen molar-refractivity contribution < 1.29 is 13.2 Å². The molecule has 0 unspecified atom stereocenters. The van der Waals surface area contributed by atoms with Crippen molar-refractivity contribution in [2.75, 3.05) is 5.75 Å². The van der Waals surface area contributed by atoms with Gasteiger partial charge in [-0.3, -0.25) is 4.79 Å². The highest BCUT2D eigenvalue weighted by Crippen LogP contribution is 2.22. The number of nitrogens with one attached hydrogen (secondary N) is 1. The van der Waals surface area contributed by atoms with Gasteiger partial charge in [0.2, 0.25) is 5.91 Å². The first-order chi connectivity index (χ1) is 14.0. The summed E-state index contributed by atoms with van der Waals surface area (Å²) in [5.74, 6) is 0.265. The summed E-state index contributed by atoms with van der Waals surface area (Å²) < 4.78 is 27.1. The monoisotopic (exact) mass is 434 g/mol. The van der Waals surface area contributed by atoms with Crippen LogP contribution in [0.4, 0.5) is 0 Å². The second-order valence-corrected chi connectivity index (χ2v) is 9.99. The normalized spacial score (nSPS) is 15.2. The largest absolute Gasteiger partial charge is 0.353 e. The van der Waals surface area contributed by atoms with Crippen LogP contribution in [-0.4, -0.2) is 40.9 Å². The van der Waals surface area contributed by atoms with Crippen molar-refractivity contribution in [3.05, 3.63) is 48.8 Å². The van der Waals surface area contributed by atoms with Crippen LogP contribution < -0.4 is 5.32 Å². The van der Waals surface area contributed by atoms with Crippen LogP contribution in [0.5, 0.6) is 0 Å². The van der Waals surface area contributed by atoms with Crippen LogP contribution in [0.2, 0.25) is 0 Å². The van der Waals surface area contributed by atoms with Gasteiger partial charge in [-0.05, 0) is 25.0 Å². The predicted octanol–water partition coefficient (Wildman–Crippen LogP) is 2.98. The quantitative estimate of drug-likeness (QED) is 0.482. The van der Waals surface area contributed by atoms with Crippen molar-refractivity contribution >= 4 is 27.5 Å². The molecule has 156 valence electrons. The fourth-order valence-electron chi connectivity index (χ4n) is 3.37. The van der Waals surface area contributed by atoms with E-state index in [0.717, 1.165) is 25.7 Å². The first kappa shape index (κ1) is 21.6. The van der Waals surface area contributed by atoms with Crippen LogP contribution in [0.3, 0.4) is 0 Å². The lowest BCUT2D eigenvalue weighted by atomic mass is 9.95. The fourth-order valence-corrected chi connectivity index (χ4v) is 5.44. The van der Waals surface area contributed by atoms with E-state index in [1.165, 1.54) is 18.2 Å². The Bertz CT molecular complexity index is 936. The molecule has 0 bridgehead atoms. The van der Waals surface area contributed by atoms with E-state index in [4.69, 9.17) is 0 Å². The van der Waals surface area contributed by atoms with Crippen molar-refractivity contribution in [2.45, 2.75) is 60.5 Å². The highest BCUT2D eigenvalue weighted by molar-refractivity contribution is 7.99. The molecule has 1 aromatic heterocycles. The summed E-state index contributed by atoms with van der Waals surface area (Å²) in [5.41, 5.74) is 0. The molecule has 9 heteroatoms. The van der Waals surface area contributed by atoms with Gasteiger partial charge in [0.25, 0.3) is 0 Å². The van der Waals surface area contributed by atoms with E-state index in [0.29, 0.717) is 17.5 Å². The Morgan fingerprint density at radius 1 is 1.21 bits per heavy atom. The van der Waals surface area contributed by atoms with Crippen molar-refractivity contribution in [3.8, 4) is 0 Å². The summed E-state index contributed by atoms with van der Waals surface area (Å²) >= 11 is 1.26. The number of allylic oxidation sites excluding steroid dienone is 1. The van der Waals surface area contributed by atoms with Crippen molar-refractivity contribution in [2.24, 2.45) is 0 Å². The zero-order valence-electron chi connectivity index (χ0n) is 16.3. The minimum atomic E-state index is -3.54. The number of carbonyl (C=O) groups excluding carboxylic acids is 1. The molecule has 0 aliphatic heterocycles. The zero-order chi connectivity index (χ0) is 20.7. The van der Waals surface area contributed by atoms with Crippen LogP contribution in [0.25, 0.3) is 0 Å². The summed E-state index contributed by atoms with van der Waals surface area (Å²) in [6.45, 7) is 4.10. The molecule has 1 N–H and O–H groups in total. The number of benzene rings is 1. The van der Waals surface area contributed by atoms with Gasteiger partial charge in [-0.2, -0.15) is 0 Å². The summed E-state index contributed by atoms with van der Waals surface area (Å²) in [6, 6.07) is 8.53. The maximum atomic E-state index is 12.7. The van der Waals surface area contributed by atoms with E-state index < -0.39 is 9.84 Å². The first-order valence-corrected chi connectivity index (χ1v) is 12.4. The number of rotatable bonds is 9. The molecule has 29 heavy (non-hydrogen) atoms. The van der Waals surface area contributed by atoms with Crippen LogP contribution in [0.15, 0.2) is 53.0 Å². The van der Waals surface area contributed by atoms with Gasteiger partial charge in [-0.15, -0.1) is 16.8 Å². The molecule has 0 saturated heterocycles. The standard InChI is InChI=1S/C20H26N4O3S2/c1-2-13-24-18(15-29(26,27)17-11-7-4-8-12-17)22-23-20(24)28-14-19(25)21-16-9-5-3-6-10-16/h2,4,7-8,11-12,16H,1,3,5-6,9-10,13-15H2,(H,21,25). The third-order valence-electron chi connectivity index (χ3n) is 4.83. The molecule has 7 nitrogen and oxygen atoms in total. The fraction of sp³-hybridized carbons (Fsp3) is 0.450. The van der Waals surface area contributed by atoms with Crippen molar-refractivity contribution in [1.29, 1.82) is 0 Å². The lowest BCUT2D eigenvalue weighted by molar-refractivity contribution is -0.119. The van der Waals surface area contributed by atoms with E-state index in [-0.39, 0.29) is 28.4 Å². The number of aromatic nitrogens is 3. The van der Waals surface area contributed by atoms with Gasteiger partial charge in [0.15, 0.2) is 15.0 Å². The molecule has 0 atom stereocenters. The van der Waals surface area contributed by atoms with E-state index >= 15 is 0 Å². The zero-order valence-corrected chi connectivity index (χ0v) is 17.9. The maximum Gasteiger partial charge on any atom is 0.230 e. The smallest absolute Gasteiger partial charge is 0.230 e. The van der Waals surface area contributed by atoms with Crippen LogP contribution in [0.1, 0.15) is 37.9 Å². The SMILES string of the molecule is C=CCn1c(CS(=O)(=O)c2ccccc2)nnc1SCC(=O)NC1CCCCC1. The summed E-state index contributed by atoms with van der Waals surface area (Å²) in [6.07, 6.45) is 7.28. The maximum absolute atomic E-state index is 12.7. The predicted molar refractivity (Wildman–Crippen MR) is 113 cm³/mol. The molecule has 0 radical (unpaired) electrons. The number of hydrogen-bond donors (Lipinski definition) is 1. The Balaban J connectivity index is 1.66. The Morgan fingerprint density at radius 3 is 2.62 bits per heavy atom. The molecule has 1 aliphatic carbocycles. The average molecular weight is 435 g/mol. The minimum absolute atomic E-state index is 0.0338. The molecule has 0 spiro atoms. The molecule has 1 saturated carbocycles. The number of carbonyl (C=O) groups is 1. The molecule has 1 aliphatic rings. The lowest BCUT2D eigenvalue weighted by Crippen LogP contribution is -2.37. The van der Waals surface area contributed by atoms with Crippen molar-refractivity contribution in [1.82, 2.24) is 20.1 Å². The summed E-state index contributed by atoms with van der Waals surface area (Å²) in [5, 5.41) is 11.8. The van der Waals surface area contributed by atoms with Gasteiger partial charge in [-0.25, -0.2) is 8.42 Å². The Morgan fingerprint density at radius 2 is 1.93 bits per heavy atom. The Hall–Kier alpha value is -2.13. The van der Waals surface area contributed by atoms with E-state index in [1.807, 2.05) is 0 Å². The van der Waals surface area contributed by atoms with E-state index in [1.54, 1.807) is 41.0 Å². The van der Waals surface area contributed by atoms with E-state index in [9.17, 15) is 13.2 Å². The highest BCUT2D eigenvalue weighted by Gasteiger charge is 2.22. The lowest BCUT2D eigenvalue weighted by Gasteiger charge is -2.22. The van der Waals surface area contributed by atoms with Crippen molar-refractivity contribution in [3.63, 3.8) is 0 Å². The van der Waals surface area contributed by atoms with Crippen LogP contribution in [0, 0.1) is 0 Å². The molecule has 1 amide bonds. The van der Waals surface area contributed by atoms with Gasteiger partial charge >= 0.3 is 0 Å². The van der Waals surface area contributed by atoms with Gasteiger partial charge in [-0.1, -0.05) is 55.3 Å².